The standard InChI is InChI=1S/C19H18N2O/c1-14-19(8-5-9-21-14)16-10-17(20)12-18(11-16)22-13-15-6-3-2-4-7-15/h2-12H,13,20H2,1H3. The molecule has 3 heteroatoms. The summed E-state index contributed by atoms with van der Waals surface area (Å²) in [6, 6.07) is 19.8. The van der Waals surface area contributed by atoms with Crippen molar-refractivity contribution in [1.29, 1.82) is 0 Å². The zero-order valence-corrected chi connectivity index (χ0v) is 12.5. The van der Waals surface area contributed by atoms with E-state index in [0.29, 0.717) is 12.3 Å². The van der Waals surface area contributed by atoms with E-state index in [1.165, 1.54) is 0 Å². The summed E-state index contributed by atoms with van der Waals surface area (Å²) in [5.41, 5.74) is 10.9. The lowest BCUT2D eigenvalue weighted by Crippen LogP contribution is -1.97. The highest BCUT2D eigenvalue weighted by molar-refractivity contribution is 5.71. The van der Waals surface area contributed by atoms with Gasteiger partial charge in [0, 0.05) is 29.2 Å². The third-order valence-electron chi connectivity index (χ3n) is 3.50. The molecule has 0 fully saturated rings. The molecule has 22 heavy (non-hydrogen) atoms. The first-order chi connectivity index (χ1) is 10.7. The summed E-state index contributed by atoms with van der Waals surface area (Å²) < 4.78 is 5.87. The molecule has 0 aliphatic rings. The van der Waals surface area contributed by atoms with Gasteiger partial charge in [0.1, 0.15) is 12.4 Å². The predicted octanol–water partition coefficient (Wildman–Crippen LogP) is 4.22. The van der Waals surface area contributed by atoms with Crippen molar-refractivity contribution in [3.8, 4) is 16.9 Å². The van der Waals surface area contributed by atoms with E-state index in [1.807, 2.05) is 67.6 Å². The number of anilines is 1. The number of pyridine rings is 1. The molecule has 1 aromatic heterocycles. The van der Waals surface area contributed by atoms with Gasteiger partial charge >= 0.3 is 0 Å². The number of aromatic nitrogens is 1. The number of nitrogens with zero attached hydrogens (tertiary/aromatic N) is 1. The van der Waals surface area contributed by atoms with Crippen LogP contribution in [0.4, 0.5) is 5.69 Å². The van der Waals surface area contributed by atoms with Crippen molar-refractivity contribution >= 4 is 5.69 Å². The van der Waals surface area contributed by atoms with Crippen LogP contribution in [-0.2, 0) is 6.61 Å². The van der Waals surface area contributed by atoms with E-state index in [9.17, 15) is 0 Å². The topological polar surface area (TPSA) is 48.1 Å². The Morgan fingerprint density at radius 2 is 1.82 bits per heavy atom. The smallest absolute Gasteiger partial charge is 0.122 e. The lowest BCUT2D eigenvalue weighted by atomic mass is 10.0. The van der Waals surface area contributed by atoms with Gasteiger partial charge in [0.15, 0.2) is 0 Å². The van der Waals surface area contributed by atoms with Crippen LogP contribution in [0.1, 0.15) is 11.3 Å². The number of nitrogens with two attached hydrogens (primary N) is 1. The SMILES string of the molecule is Cc1ncccc1-c1cc(N)cc(OCc2ccccc2)c1. The number of nitrogen functional groups attached to an aromatic ring is 1. The molecule has 0 saturated carbocycles. The van der Waals surface area contributed by atoms with E-state index in [1.54, 1.807) is 6.20 Å². The fourth-order valence-electron chi connectivity index (χ4n) is 2.39. The maximum absolute atomic E-state index is 6.02. The Labute approximate surface area is 130 Å². The minimum absolute atomic E-state index is 0.524. The van der Waals surface area contributed by atoms with E-state index in [2.05, 4.69) is 4.98 Å². The molecule has 0 bridgehead atoms. The third kappa shape index (κ3) is 3.26. The molecular formula is C19H18N2O. The first kappa shape index (κ1) is 14.1. The van der Waals surface area contributed by atoms with Crippen LogP contribution in [0.5, 0.6) is 5.75 Å². The summed E-state index contributed by atoms with van der Waals surface area (Å²) in [6.45, 7) is 2.51. The van der Waals surface area contributed by atoms with Gasteiger partial charge in [-0.2, -0.15) is 0 Å². The minimum Gasteiger partial charge on any atom is -0.489 e. The molecular weight excluding hydrogens is 272 g/mol. The van der Waals surface area contributed by atoms with Crippen LogP contribution in [0.2, 0.25) is 0 Å². The van der Waals surface area contributed by atoms with Gasteiger partial charge in [-0.15, -0.1) is 0 Å². The Bertz CT molecular complexity index is 769. The van der Waals surface area contributed by atoms with Gasteiger partial charge in [0.2, 0.25) is 0 Å². The Morgan fingerprint density at radius 3 is 2.59 bits per heavy atom. The van der Waals surface area contributed by atoms with E-state index < -0.39 is 0 Å². The number of benzene rings is 2. The van der Waals surface area contributed by atoms with Gasteiger partial charge in [0.05, 0.1) is 0 Å². The van der Waals surface area contributed by atoms with Crippen LogP contribution in [0.15, 0.2) is 66.9 Å². The van der Waals surface area contributed by atoms with Gasteiger partial charge in [-0.05, 0) is 36.2 Å². The Balaban J connectivity index is 1.86. The number of hydrogen-bond donors (Lipinski definition) is 1. The molecule has 0 aliphatic carbocycles. The van der Waals surface area contributed by atoms with E-state index in [-0.39, 0.29) is 0 Å². The lowest BCUT2D eigenvalue weighted by molar-refractivity contribution is 0.306. The molecule has 2 N–H and O–H groups in total. The van der Waals surface area contributed by atoms with Gasteiger partial charge < -0.3 is 10.5 Å². The Morgan fingerprint density at radius 1 is 1.00 bits per heavy atom. The first-order valence-electron chi connectivity index (χ1n) is 7.21. The summed E-state index contributed by atoms with van der Waals surface area (Å²) in [6.07, 6.45) is 1.79. The maximum atomic E-state index is 6.02. The van der Waals surface area contributed by atoms with Gasteiger partial charge in [-0.1, -0.05) is 36.4 Å². The van der Waals surface area contributed by atoms with Crippen molar-refractivity contribution in [1.82, 2.24) is 4.98 Å². The molecule has 3 rings (SSSR count). The molecule has 0 unspecified atom stereocenters. The lowest BCUT2D eigenvalue weighted by Gasteiger charge is -2.11. The van der Waals surface area contributed by atoms with E-state index in [0.717, 1.165) is 28.1 Å². The zero-order chi connectivity index (χ0) is 15.4. The van der Waals surface area contributed by atoms with E-state index in [4.69, 9.17) is 10.5 Å². The minimum atomic E-state index is 0.524. The van der Waals surface area contributed by atoms with Crippen LogP contribution >= 0.6 is 0 Å². The molecule has 3 aromatic rings. The highest BCUT2D eigenvalue weighted by atomic mass is 16.5. The molecule has 0 atom stereocenters. The van der Waals surface area contributed by atoms with Crippen molar-refractivity contribution in [3.63, 3.8) is 0 Å². The van der Waals surface area contributed by atoms with Crippen LogP contribution in [0.3, 0.4) is 0 Å². The molecule has 0 aliphatic heterocycles. The summed E-state index contributed by atoms with van der Waals surface area (Å²) in [4.78, 5) is 4.33. The van der Waals surface area contributed by atoms with Crippen LogP contribution in [0.25, 0.3) is 11.1 Å². The third-order valence-corrected chi connectivity index (χ3v) is 3.50. The maximum Gasteiger partial charge on any atom is 0.122 e. The van der Waals surface area contributed by atoms with Crippen molar-refractivity contribution in [2.24, 2.45) is 0 Å². The predicted molar refractivity (Wildman–Crippen MR) is 89.6 cm³/mol. The normalized spacial score (nSPS) is 10.4. The second-order valence-electron chi connectivity index (χ2n) is 5.20. The summed E-state index contributed by atoms with van der Waals surface area (Å²) in [5, 5.41) is 0. The highest BCUT2D eigenvalue weighted by Crippen LogP contribution is 2.29. The molecule has 0 amide bonds. The molecule has 1 heterocycles. The number of ether oxygens (including phenoxy) is 1. The average molecular weight is 290 g/mol. The second kappa shape index (κ2) is 6.31. The first-order valence-corrected chi connectivity index (χ1v) is 7.21. The summed E-state index contributed by atoms with van der Waals surface area (Å²) in [7, 11) is 0. The quantitative estimate of drug-likeness (QED) is 0.732. The Kier molecular flexibility index (Phi) is 4.05. The van der Waals surface area contributed by atoms with Crippen molar-refractivity contribution in [2.75, 3.05) is 5.73 Å². The molecule has 0 radical (unpaired) electrons. The van der Waals surface area contributed by atoms with Crippen molar-refractivity contribution in [2.45, 2.75) is 13.5 Å². The van der Waals surface area contributed by atoms with Gasteiger partial charge in [-0.25, -0.2) is 0 Å². The monoisotopic (exact) mass is 290 g/mol. The summed E-state index contributed by atoms with van der Waals surface area (Å²) in [5.74, 6) is 0.766. The molecule has 2 aromatic carbocycles. The summed E-state index contributed by atoms with van der Waals surface area (Å²) >= 11 is 0. The number of rotatable bonds is 4. The highest BCUT2D eigenvalue weighted by Gasteiger charge is 2.06. The fraction of sp³-hybridized carbons (Fsp3) is 0.105. The van der Waals surface area contributed by atoms with Gasteiger partial charge in [-0.3, -0.25) is 4.98 Å². The van der Waals surface area contributed by atoms with E-state index >= 15 is 0 Å². The van der Waals surface area contributed by atoms with Crippen LogP contribution in [-0.4, -0.2) is 4.98 Å². The molecule has 0 spiro atoms. The second-order valence-corrected chi connectivity index (χ2v) is 5.20. The molecule has 0 saturated heterocycles. The van der Waals surface area contributed by atoms with Crippen molar-refractivity contribution in [3.05, 3.63) is 78.1 Å². The largest absolute Gasteiger partial charge is 0.489 e. The number of hydrogen-bond acceptors (Lipinski definition) is 3. The van der Waals surface area contributed by atoms with Crippen LogP contribution in [0, 0.1) is 6.92 Å². The molecule has 110 valence electrons. The Hall–Kier alpha value is -2.81. The zero-order valence-electron chi connectivity index (χ0n) is 12.5. The number of aryl methyl sites for hydroxylation is 1. The van der Waals surface area contributed by atoms with Crippen LogP contribution < -0.4 is 10.5 Å². The van der Waals surface area contributed by atoms with Crippen molar-refractivity contribution < 1.29 is 4.74 Å². The van der Waals surface area contributed by atoms with Gasteiger partial charge in [0.25, 0.3) is 0 Å². The molecule has 3 nitrogen and oxygen atoms in total. The average Bonchev–Trinajstić information content (AvgIpc) is 2.54. The fourth-order valence-corrected chi connectivity index (χ4v) is 2.39.